The van der Waals surface area contributed by atoms with Crippen LogP contribution in [0.1, 0.15) is 33.0 Å². The van der Waals surface area contributed by atoms with Gasteiger partial charge in [0.1, 0.15) is 23.0 Å². The molecule has 0 aromatic heterocycles. The molecule has 0 bridgehead atoms. The summed E-state index contributed by atoms with van der Waals surface area (Å²) < 4.78 is 79.7. The quantitative estimate of drug-likeness (QED) is 0.281. The molecule has 2 atom stereocenters. The molecule has 2 unspecified atom stereocenters. The molecule has 0 saturated carbocycles. The van der Waals surface area contributed by atoms with Crippen LogP contribution in [0.25, 0.3) is 6.08 Å². The molecule has 7 nitrogen and oxygen atoms in total. The Morgan fingerprint density at radius 3 is 2.48 bits per heavy atom. The molecule has 0 saturated heterocycles. The fraction of sp³-hybridized carbons (Fsp3) is 0.238. The van der Waals surface area contributed by atoms with Crippen LogP contribution < -0.4 is 4.74 Å². The summed E-state index contributed by atoms with van der Waals surface area (Å²) in [6, 6.07) is 10.5. The van der Waals surface area contributed by atoms with E-state index in [2.05, 4.69) is 4.74 Å². The second-order valence-electron chi connectivity index (χ2n) is 7.11. The largest absolute Gasteiger partial charge is 0.448 e. The Balaban J connectivity index is 1.88. The van der Waals surface area contributed by atoms with Crippen molar-refractivity contribution < 1.29 is 45.2 Å². The SMILES string of the molecule is [B]Cc1ccc(C(=O)OC(CS(=O)(=O)O)C(F)(F)F)c(OC(=O)C2C=Cc3ccccc32)c1. The fourth-order valence-corrected chi connectivity index (χ4v) is 3.79. The van der Waals surface area contributed by atoms with Crippen molar-refractivity contribution in [3.8, 4) is 5.75 Å². The number of carbonyl (C=O) groups is 2. The van der Waals surface area contributed by atoms with E-state index in [1.165, 1.54) is 12.1 Å². The van der Waals surface area contributed by atoms with Crippen molar-refractivity contribution in [3.63, 3.8) is 0 Å². The molecule has 0 aliphatic heterocycles. The Morgan fingerprint density at radius 2 is 1.85 bits per heavy atom. The van der Waals surface area contributed by atoms with E-state index < -0.39 is 57.3 Å². The molecule has 1 aliphatic carbocycles. The van der Waals surface area contributed by atoms with Crippen molar-refractivity contribution in [1.82, 2.24) is 0 Å². The Kier molecular flexibility index (Phi) is 6.99. The first-order valence-corrected chi connectivity index (χ1v) is 11.0. The third kappa shape index (κ3) is 6.02. The van der Waals surface area contributed by atoms with Gasteiger partial charge in [-0.2, -0.15) is 21.6 Å². The van der Waals surface area contributed by atoms with Gasteiger partial charge in [0.25, 0.3) is 10.1 Å². The normalized spacial score (nSPS) is 16.2. The summed E-state index contributed by atoms with van der Waals surface area (Å²) >= 11 is 0. The van der Waals surface area contributed by atoms with Crippen LogP contribution in [0.4, 0.5) is 13.2 Å². The van der Waals surface area contributed by atoms with Gasteiger partial charge in [0.15, 0.2) is 0 Å². The van der Waals surface area contributed by atoms with Crippen molar-refractivity contribution in [1.29, 1.82) is 0 Å². The summed E-state index contributed by atoms with van der Waals surface area (Å²) in [4.78, 5) is 25.2. The van der Waals surface area contributed by atoms with Gasteiger partial charge in [-0.15, -0.1) is 0 Å². The molecule has 3 rings (SSSR count). The molecule has 0 amide bonds. The van der Waals surface area contributed by atoms with Gasteiger partial charge in [-0.1, -0.05) is 54.4 Å². The van der Waals surface area contributed by atoms with Crippen LogP contribution in [0.5, 0.6) is 5.75 Å². The highest BCUT2D eigenvalue weighted by molar-refractivity contribution is 7.85. The molecule has 1 aliphatic rings. The minimum atomic E-state index is -5.28. The maximum atomic E-state index is 13.1. The van der Waals surface area contributed by atoms with Crippen LogP contribution >= 0.6 is 0 Å². The van der Waals surface area contributed by atoms with Crippen molar-refractivity contribution in [2.75, 3.05) is 5.75 Å². The number of ether oxygens (including phenoxy) is 2. The number of alkyl halides is 3. The Bertz CT molecular complexity index is 1210. The first kappa shape index (κ1) is 24.5. The number of hydrogen-bond acceptors (Lipinski definition) is 6. The summed E-state index contributed by atoms with van der Waals surface area (Å²) in [6.07, 6.45) is -5.17. The Morgan fingerprint density at radius 1 is 1.15 bits per heavy atom. The third-order valence-electron chi connectivity index (χ3n) is 4.74. The van der Waals surface area contributed by atoms with Crippen molar-refractivity contribution in [3.05, 3.63) is 70.8 Å². The standard InChI is InChI=1S/C21H16BF3O7S/c22-10-12-5-7-16(20(27)32-18(21(23,24)25)11-33(28,29)30)17(9-12)31-19(26)15-8-6-13-3-1-2-4-14(13)15/h1-9,15,18H,10-11H2,(H,28,29,30). The first-order valence-electron chi connectivity index (χ1n) is 9.43. The number of carbonyl (C=O) groups excluding carboxylic acids is 2. The van der Waals surface area contributed by atoms with Crippen molar-refractivity contribution in [2.24, 2.45) is 0 Å². The van der Waals surface area contributed by atoms with E-state index in [4.69, 9.17) is 17.1 Å². The number of benzene rings is 2. The second-order valence-corrected chi connectivity index (χ2v) is 8.60. The topological polar surface area (TPSA) is 107 Å². The van der Waals surface area contributed by atoms with E-state index in [0.717, 1.165) is 11.6 Å². The lowest BCUT2D eigenvalue weighted by atomic mass is 9.95. The van der Waals surface area contributed by atoms with Crippen LogP contribution in [0.2, 0.25) is 0 Å². The molecular weight excluding hydrogens is 464 g/mol. The van der Waals surface area contributed by atoms with Crippen LogP contribution in [0.3, 0.4) is 0 Å². The number of rotatable bonds is 7. The number of fused-ring (bicyclic) bond motifs is 1. The highest BCUT2D eigenvalue weighted by atomic mass is 32.2. The molecule has 2 aromatic rings. The molecule has 12 heteroatoms. The Labute approximate surface area is 188 Å². The van der Waals surface area contributed by atoms with Crippen molar-refractivity contribution >= 4 is 36.0 Å². The lowest BCUT2D eigenvalue weighted by Crippen LogP contribution is -2.39. The maximum Gasteiger partial charge on any atom is 0.426 e. The van der Waals surface area contributed by atoms with E-state index in [1.807, 2.05) is 0 Å². The van der Waals surface area contributed by atoms with Gasteiger partial charge in [0, 0.05) is 0 Å². The van der Waals surface area contributed by atoms with Crippen molar-refractivity contribution in [2.45, 2.75) is 24.5 Å². The predicted molar refractivity (Wildman–Crippen MR) is 111 cm³/mol. The second kappa shape index (κ2) is 9.40. The molecule has 2 aromatic carbocycles. The van der Waals surface area contributed by atoms with Gasteiger partial charge in [-0.05, 0) is 23.3 Å². The minimum absolute atomic E-state index is 0.0278. The monoisotopic (exact) mass is 480 g/mol. The van der Waals surface area contributed by atoms with E-state index in [-0.39, 0.29) is 6.32 Å². The van der Waals surface area contributed by atoms with Gasteiger partial charge in [-0.25, -0.2) is 4.79 Å². The number of esters is 2. The minimum Gasteiger partial charge on any atom is -0.448 e. The zero-order chi connectivity index (χ0) is 24.4. The van der Waals surface area contributed by atoms with Crippen LogP contribution in [-0.2, 0) is 26.0 Å². The lowest BCUT2D eigenvalue weighted by molar-refractivity contribution is -0.197. The summed E-state index contributed by atoms with van der Waals surface area (Å²) in [7, 11) is 0.437. The number of halogens is 3. The van der Waals surface area contributed by atoms with Gasteiger partial charge in [0.2, 0.25) is 6.10 Å². The highest BCUT2D eigenvalue weighted by Gasteiger charge is 2.46. The molecule has 0 spiro atoms. The molecule has 172 valence electrons. The summed E-state index contributed by atoms with van der Waals surface area (Å²) in [5, 5.41) is 0. The van der Waals surface area contributed by atoms with Crippen LogP contribution in [-0.4, -0.2) is 50.8 Å². The van der Waals surface area contributed by atoms with Gasteiger partial charge >= 0.3 is 18.1 Å². The molecule has 0 heterocycles. The molecule has 33 heavy (non-hydrogen) atoms. The smallest absolute Gasteiger partial charge is 0.426 e. The van der Waals surface area contributed by atoms with E-state index in [9.17, 15) is 31.2 Å². The lowest BCUT2D eigenvalue weighted by Gasteiger charge is -2.20. The van der Waals surface area contributed by atoms with E-state index in [0.29, 0.717) is 11.1 Å². The summed E-state index contributed by atoms with van der Waals surface area (Å²) in [5.74, 6) is -5.51. The zero-order valence-electron chi connectivity index (χ0n) is 16.8. The molecule has 0 fully saturated rings. The summed E-state index contributed by atoms with van der Waals surface area (Å²) in [6.45, 7) is 0. The summed E-state index contributed by atoms with van der Waals surface area (Å²) in [5.41, 5.74) is 1.28. The van der Waals surface area contributed by atoms with Crippen LogP contribution in [0, 0.1) is 0 Å². The number of hydrogen-bond donors (Lipinski definition) is 1. The third-order valence-corrected chi connectivity index (χ3v) is 5.47. The van der Waals surface area contributed by atoms with E-state index >= 15 is 0 Å². The van der Waals surface area contributed by atoms with Gasteiger partial charge in [0.05, 0.1) is 7.85 Å². The van der Waals surface area contributed by atoms with Crippen LogP contribution in [0.15, 0.2) is 48.5 Å². The predicted octanol–water partition coefficient (Wildman–Crippen LogP) is 3.05. The maximum absolute atomic E-state index is 13.1. The van der Waals surface area contributed by atoms with Gasteiger partial charge in [-0.3, -0.25) is 9.35 Å². The zero-order valence-corrected chi connectivity index (χ0v) is 17.6. The van der Waals surface area contributed by atoms with Gasteiger partial charge < -0.3 is 9.47 Å². The average Bonchev–Trinajstić information content (AvgIpc) is 3.15. The molecule has 1 N–H and O–H groups in total. The fourth-order valence-electron chi connectivity index (χ4n) is 3.15. The molecule has 2 radical (unpaired) electrons. The van der Waals surface area contributed by atoms with E-state index in [1.54, 1.807) is 36.4 Å². The average molecular weight is 480 g/mol. The molecular formula is C21H16BF3O7S. The highest BCUT2D eigenvalue weighted by Crippen LogP contribution is 2.33. The Hall–Kier alpha value is -3.12. The first-order chi connectivity index (χ1) is 15.4.